The molecule has 1 atom stereocenters. The maximum Gasteiger partial charge on any atom is 0.401 e. The van der Waals surface area contributed by atoms with Crippen LogP contribution in [0.3, 0.4) is 0 Å². The average molecular weight is 276 g/mol. The van der Waals surface area contributed by atoms with Gasteiger partial charge in [0.2, 0.25) is 5.91 Å². The van der Waals surface area contributed by atoms with Gasteiger partial charge in [-0.25, -0.2) is 0 Å². The monoisotopic (exact) mass is 276 g/mol. The Labute approximate surface area is 108 Å². The molecule has 0 heterocycles. The number of aliphatic hydroxyl groups is 1. The molecule has 0 aliphatic carbocycles. The van der Waals surface area contributed by atoms with Gasteiger partial charge >= 0.3 is 6.18 Å². The third-order valence-electron chi connectivity index (χ3n) is 2.33. The summed E-state index contributed by atoms with van der Waals surface area (Å²) in [5.74, 6) is -0.604. The molecule has 4 nitrogen and oxygen atoms in total. The third-order valence-corrected chi connectivity index (χ3v) is 2.33. The molecule has 0 saturated carbocycles. The number of halogens is 3. The molecular weight excluding hydrogens is 261 g/mol. The van der Waals surface area contributed by atoms with Crippen LogP contribution in [0.25, 0.3) is 0 Å². The van der Waals surface area contributed by atoms with E-state index in [1.54, 1.807) is 30.3 Å². The molecule has 0 aliphatic heterocycles. The van der Waals surface area contributed by atoms with Crippen molar-refractivity contribution in [3.8, 4) is 0 Å². The fourth-order valence-electron chi connectivity index (χ4n) is 1.48. The lowest BCUT2D eigenvalue weighted by molar-refractivity contribution is -0.128. The minimum Gasteiger partial charge on any atom is -0.394 e. The molecule has 0 aliphatic rings. The molecule has 1 amide bonds. The second-order valence-electron chi connectivity index (χ2n) is 3.93. The molecule has 3 N–H and O–H groups in total. The van der Waals surface area contributed by atoms with Gasteiger partial charge in [-0.2, -0.15) is 13.2 Å². The van der Waals surface area contributed by atoms with Gasteiger partial charge in [0.1, 0.15) is 0 Å². The first-order valence-electron chi connectivity index (χ1n) is 5.65. The number of benzene rings is 1. The van der Waals surface area contributed by atoms with Crippen LogP contribution in [0.1, 0.15) is 11.6 Å². The maximum absolute atomic E-state index is 11.9. The topological polar surface area (TPSA) is 61.4 Å². The number of hydrogen-bond donors (Lipinski definition) is 3. The second kappa shape index (κ2) is 7.10. The number of aliphatic hydroxyl groups excluding tert-OH is 1. The Morgan fingerprint density at radius 3 is 2.42 bits per heavy atom. The van der Waals surface area contributed by atoms with E-state index < -0.39 is 31.2 Å². The molecule has 0 bridgehead atoms. The standard InChI is InChI=1S/C12H15F3N2O2/c13-12(14,15)8-16-6-11(19)17-10(7-18)9-4-2-1-3-5-9/h1-5,10,16,18H,6-8H2,(H,17,19)/t10-/m0/s1. The first-order valence-corrected chi connectivity index (χ1v) is 5.65. The van der Waals surface area contributed by atoms with Crippen LogP contribution in [0.4, 0.5) is 13.2 Å². The van der Waals surface area contributed by atoms with Gasteiger partial charge in [0.15, 0.2) is 0 Å². The van der Waals surface area contributed by atoms with Crippen molar-refractivity contribution in [1.29, 1.82) is 0 Å². The largest absolute Gasteiger partial charge is 0.401 e. The highest BCUT2D eigenvalue weighted by Crippen LogP contribution is 2.12. The van der Waals surface area contributed by atoms with E-state index in [2.05, 4.69) is 5.32 Å². The molecule has 0 unspecified atom stereocenters. The van der Waals surface area contributed by atoms with Crippen molar-refractivity contribution >= 4 is 5.91 Å². The van der Waals surface area contributed by atoms with Crippen LogP contribution in [-0.2, 0) is 4.79 Å². The van der Waals surface area contributed by atoms with Crippen LogP contribution >= 0.6 is 0 Å². The van der Waals surface area contributed by atoms with E-state index in [1.807, 2.05) is 5.32 Å². The number of rotatable bonds is 6. The predicted octanol–water partition coefficient (Wildman–Crippen LogP) is 0.988. The summed E-state index contributed by atoms with van der Waals surface area (Å²) in [6.45, 7) is -2.01. The summed E-state index contributed by atoms with van der Waals surface area (Å²) in [5, 5.41) is 13.6. The summed E-state index contributed by atoms with van der Waals surface area (Å²) in [4.78, 5) is 11.4. The molecule has 0 radical (unpaired) electrons. The summed E-state index contributed by atoms with van der Waals surface area (Å²) in [7, 11) is 0. The summed E-state index contributed by atoms with van der Waals surface area (Å²) >= 11 is 0. The van der Waals surface area contributed by atoms with E-state index in [0.29, 0.717) is 5.56 Å². The van der Waals surface area contributed by atoms with Gasteiger partial charge < -0.3 is 15.7 Å². The summed E-state index contributed by atoms with van der Waals surface area (Å²) in [5.41, 5.74) is 0.689. The molecule has 0 spiro atoms. The van der Waals surface area contributed by atoms with Crippen molar-refractivity contribution in [2.24, 2.45) is 0 Å². The number of carbonyl (C=O) groups is 1. The Bertz CT molecular complexity index is 396. The normalized spacial score (nSPS) is 13.1. The number of amides is 1. The second-order valence-corrected chi connectivity index (χ2v) is 3.93. The highest BCUT2D eigenvalue weighted by atomic mass is 19.4. The number of alkyl halides is 3. The molecule has 7 heteroatoms. The molecular formula is C12H15F3N2O2. The lowest BCUT2D eigenvalue weighted by Crippen LogP contribution is -2.40. The quantitative estimate of drug-likeness (QED) is 0.726. The van der Waals surface area contributed by atoms with E-state index in [0.717, 1.165) is 0 Å². The molecule has 0 saturated heterocycles. The lowest BCUT2D eigenvalue weighted by atomic mass is 10.1. The van der Waals surface area contributed by atoms with Gasteiger partial charge in [0.25, 0.3) is 0 Å². The van der Waals surface area contributed by atoms with E-state index in [-0.39, 0.29) is 6.61 Å². The van der Waals surface area contributed by atoms with Crippen molar-refractivity contribution in [3.63, 3.8) is 0 Å². The van der Waals surface area contributed by atoms with Crippen molar-refractivity contribution in [2.45, 2.75) is 12.2 Å². The Morgan fingerprint density at radius 1 is 1.26 bits per heavy atom. The van der Waals surface area contributed by atoms with Crippen LogP contribution in [0, 0.1) is 0 Å². The number of hydrogen-bond acceptors (Lipinski definition) is 3. The Balaban J connectivity index is 2.42. The van der Waals surface area contributed by atoms with Crippen molar-refractivity contribution in [2.75, 3.05) is 19.7 Å². The number of carbonyl (C=O) groups excluding carboxylic acids is 1. The molecule has 0 aromatic heterocycles. The molecule has 1 aromatic rings. The van der Waals surface area contributed by atoms with Crippen molar-refractivity contribution in [1.82, 2.24) is 10.6 Å². The van der Waals surface area contributed by atoms with Gasteiger partial charge in [-0.15, -0.1) is 0 Å². The van der Waals surface area contributed by atoms with Gasteiger partial charge in [-0.1, -0.05) is 30.3 Å². The minimum absolute atomic E-state index is 0.324. The molecule has 106 valence electrons. The van der Waals surface area contributed by atoms with Crippen LogP contribution in [0.5, 0.6) is 0 Å². The predicted molar refractivity (Wildman–Crippen MR) is 63.3 cm³/mol. The maximum atomic E-state index is 11.9. The van der Waals surface area contributed by atoms with E-state index in [4.69, 9.17) is 5.11 Å². The van der Waals surface area contributed by atoms with Crippen LogP contribution < -0.4 is 10.6 Å². The summed E-state index contributed by atoms with van der Waals surface area (Å²) < 4.78 is 35.6. The Morgan fingerprint density at radius 2 is 1.89 bits per heavy atom. The van der Waals surface area contributed by atoms with E-state index in [1.165, 1.54) is 0 Å². The van der Waals surface area contributed by atoms with Crippen molar-refractivity contribution in [3.05, 3.63) is 35.9 Å². The van der Waals surface area contributed by atoms with Gasteiger partial charge in [-0.3, -0.25) is 4.79 Å². The van der Waals surface area contributed by atoms with Crippen LogP contribution in [0.15, 0.2) is 30.3 Å². The van der Waals surface area contributed by atoms with Gasteiger partial charge in [0.05, 0.1) is 25.7 Å². The zero-order valence-corrected chi connectivity index (χ0v) is 10.1. The Hall–Kier alpha value is -1.60. The zero-order chi connectivity index (χ0) is 14.3. The highest BCUT2D eigenvalue weighted by Gasteiger charge is 2.26. The molecule has 19 heavy (non-hydrogen) atoms. The van der Waals surface area contributed by atoms with Crippen LogP contribution in [0.2, 0.25) is 0 Å². The molecule has 0 fully saturated rings. The summed E-state index contributed by atoms with van der Waals surface area (Å²) in [6.07, 6.45) is -4.35. The SMILES string of the molecule is O=C(CNCC(F)(F)F)N[C@@H](CO)c1ccccc1. The van der Waals surface area contributed by atoms with Gasteiger partial charge in [0, 0.05) is 0 Å². The van der Waals surface area contributed by atoms with Gasteiger partial charge in [-0.05, 0) is 5.56 Å². The fourth-order valence-corrected chi connectivity index (χ4v) is 1.48. The van der Waals surface area contributed by atoms with E-state index in [9.17, 15) is 18.0 Å². The molecule has 1 rings (SSSR count). The summed E-state index contributed by atoms with van der Waals surface area (Å²) in [6, 6.07) is 8.07. The first-order chi connectivity index (χ1) is 8.92. The average Bonchev–Trinajstić information content (AvgIpc) is 2.35. The Kier molecular flexibility index (Phi) is 5.78. The zero-order valence-electron chi connectivity index (χ0n) is 10.1. The number of nitrogens with one attached hydrogen (secondary N) is 2. The van der Waals surface area contributed by atoms with E-state index >= 15 is 0 Å². The van der Waals surface area contributed by atoms with Crippen LogP contribution in [-0.4, -0.2) is 36.9 Å². The smallest absolute Gasteiger partial charge is 0.394 e. The first kappa shape index (κ1) is 15.5. The lowest BCUT2D eigenvalue weighted by Gasteiger charge is -2.17. The third kappa shape index (κ3) is 6.21. The highest BCUT2D eigenvalue weighted by molar-refractivity contribution is 5.78. The fraction of sp³-hybridized carbons (Fsp3) is 0.417. The van der Waals surface area contributed by atoms with Crippen molar-refractivity contribution < 1.29 is 23.1 Å². The molecule has 1 aromatic carbocycles. The minimum atomic E-state index is -4.35.